The first kappa shape index (κ1) is 6.90. The van der Waals surface area contributed by atoms with Crippen LogP contribution in [0.15, 0.2) is 17.9 Å². The molecule has 12 heavy (non-hydrogen) atoms. The van der Waals surface area contributed by atoms with Crippen molar-refractivity contribution < 1.29 is 0 Å². The summed E-state index contributed by atoms with van der Waals surface area (Å²) in [5.74, 6) is 0.963. The van der Waals surface area contributed by atoms with E-state index in [-0.39, 0.29) is 0 Å². The zero-order valence-electron chi connectivity index (χ0n) is 6.70. The molecule has 0 saturated heterocycles. The van der Waals surface area contributed by atoms with Gasteiger partial charge in [-0.15, -0.1) is 0 Å². The van der Waals surface area contributed by atoms with Gasteiger partial charge in [-0.1, -0.05) is 6.58 Å². The summed E-state index contributed by atoms with van der Waals surface area (Å²) in [6, 6.07) is 0. The molecule has 0 radical (unpaired) electrons. The molecule has 1 aromatic rings. The molecule has 0 bridgehead atoms. The number of hydrogen-bond donors (Lipinski definition) is 2. The van der Waals surface area contributed by atoms with E-state index in [4.69, 9.17) is 5.73 Å². The van der Waals surface area contributed by atoms with Gasteiger partial charge in [0.1, 0.15) is 5.69 Å². The molecular formula is C7H9N5. The van der Waals surface area contributed by atoms with Gasteiger partial charge in [-0.25, -0.2) is 4.98 Å². The number of nitrogens with one attached hydrogen (secondary N) is 1. The molecule has 2 rings (SSSR count). The maximum atomic E-state index is 5.48. The van der Waals surface area contributed by atoms with Crippen LogP contribution in [0.25, 0.3) is 5.70 Å². The summed E-state index contributed by atoms with van der Waals surface area (Å²) in [6.07, 6.45) is 1.68. The monoisotopic (exact) mass is 163 g/mol. The van der Waals surface area contributed by atoms with E-state index < -0.39 is 0 Å². The van der Waals surface area contributed by atoms with Crippen molar-refractivity contribution in [3.8, 4) is 0 Å². The first-order valence-electron chi connectivity index (χ1n) is 3.50. The number of aromatic nitrogens is 2. The largest absolute Gasteiger partial charge is 0.369 e. The summed E-state index contributed by atoms with van der Waals surface area (Å²) in [5.41, 5.74) is 7.09. The highest BCUT2D eigenvalue weighted by Crippen LogP contribution is 2.24. The Morgan fingerprint density at radius 2 is 2.42 bits per heavy atom. The molecule has 0 fully saturated rings. The highest BCUT2D eigenvalue weighted by atomic mass is 15.2. The Hall–Kier alpha value is -1.78. The predicted molar refractivity (Wildman–Crippen MR) is 46.7 cm³/mol. The minimum atomic E-state index is 0.339. The second-order valence-corrected chi connectivity index (χ2v) is 2.63. The maximum absolute atomic E-state index is 5.48. The molecule has 0 spiro atoms. The third-order valence-corrected chi connectivity index (χ3v) is 1.71. The van der Waals surface area contributed by atoms with Crippen LogP contribution in [-0.2, 0) is 7.05 Å². The second kappa shape index (κ2) is 2.10. The van der Waals surface area contributed by atoms with E-state index in [2.05, 4.69) is 21.9 Å². The zero-order valence-corrected chi connectivity index (χ0v) is 6.70. The first-order valence-corrected chi connectivity index (χ1v) is 3.50. The third kappa shape index (κ3) is 0.795. The highest BCUT2D eigenvalue weighted by molar-refractivity contribution is 5.93. The van der Waals surface area contributed by atoms with E-state index in [0.29, 0.717) is 11.8 Å². The van der Waals surface area contributed by atoms with E-state index in [1.54, 1.807) is 6.33 Å². The van der Waals surface area contributed by atoms with Gasteiger partial charge in [0.15, 0.2) is 11.8 Å². The molecule has 2 heterocycles. The summed E-state index contributed by atoms with van der Waals surface area (Å²) in [5, 5.41) is 2.83. The van der Waals surface area contributed by atoms with E-state index in [9.17, 15) is 0 Å². The minimum absolute atomic E-state index is 0.339. The average molecular weight is 163 g/mol. The number of aryl methyl sites for hydroxylation is 1. The molecule has 1 aliphatic heterocycles. The van der Waals surface area contributed by atoms with Crippen molar-refractivity contribution in [3.05, 3.63) is 18.6 Å². The third-order valence-electron chi connectivity index (χ3n) is 1.71. The molecule has 1 aromatic heterocycles. The van der Waals surface area contributed by atoms with Crippen molar-refractivity contribution in [1.29, 1.82) is 0 Å². The highest BCUT2D eigenvalue weighted by Gasteiger charge is 2.16. The van der Waals surface area contributed by atoms with E-state index in [0.717, 1.165) is 11.4 Å². The fraction of sp³-hybridized carbons (Fsp3) is 0.143. The fourth-order valence-corrected chi connectivity index (χ4v) is 1.20. The molecule has 5 heteroatoms. The summed E-state index contributed by atoms with van der Waals surface area (Å²) >= 11 is 0. The number of rotatable bonds is 0. The molecule has 1 aliphatic rings. The predicted octanol–water partition coefficient (Wildman–Crippen LogP) is -0.0598. The smallest absolute Gasteiger partial charge is 0.199 e. The summed E-state index contributed by atoms with van der Waals surface area (Å²) in [4.78, 5) is 8.06. The van der Waals surface area contributed by atoms with Crippen molar-refractivity contribution in [3.63, 3.8) is 0 Å². The summed E-state index contributed by atoms with van der Waals surface area (Å²) < 4.78 is 1.85. The molecular weight excluding hydrogens is 154 g/mol. The fourth-order valence-electron chi connectivity index (χ4n) is 1.20. The van der Waals surface area contributed by atoms with Crippen molar-refractivity contribution in [2.45, 2.75) is 0 Å². The Bertz CT molecular complexity index is 373. The van der Waals surface area contributed by atoms with Crippen LogP contribution in [0.3, 0.4) is 0 Å². The van der Waals surface area contributed by atoms with Crippen molar-refractivity contribution in [2.24, 2.45) is 17.8 Å². The Morgan fingerprint density at radius 3 is 3.17 bits per heavy atom. The number of fused-ring (bicyclic) bond motifs is 1. The maximum Gasteiger partial charge on any atom is 0.199 e. The number of hydrogen-bond acceptors (Lipinski definition) is 4. The van der Waals surface area contributed by atoms with Gasteiger partial charge in [-0.05, 0) is 0 Å². The van der Waals surface area contributed by atoms with Crippen LogP contribution < -0.4 is 11.1 Å². The van der Waals surface area contributed by atoms with Crippen LogP contribution in [0.4, 0.5) is 5.82 Å². The normalized spacial score (nSPS) is 15.1. The summed E-state index contributed by atoms with van der Waals surface area (Å²) in [7, 11) is 1.88. The topological polar surface area (TPSA) is 68.2 Å². The molecule has 62 valence electrons. The number of nitrogens with zero attached hydrogens (tertiary/aromatic N) is 3. The minimum Gasteiger partial charge on any atom is -0.369 e. The van der Waals surface area contributed by atoms with Crippen LogP contribution in [0, 0.1) is 0 Å². The average Bonchev–Trinajstić information content (AvgIpc) is 2.31. The number of aliphatic imine (C=N–C) groups is 1. The van der Waals surface area contributed by atoms with Gasteiger partial charge in [0.25, 0.3) is 0 Å². The van der Waals surface area contributed by atoms with E-state index in [1.807, 2.05) is 11.6 Å². The van der Waals surface area contributed by atoms with Gasteiger partial charge in [0.2, 0.25) is 0 Å². The van der Waals surface area contributed by atoms with Crippen LogP contribution >= 0.6 is 0 Å². The van der Waals surface area contributed by atoms with Gasteiger partial charge in [-0.2, -0.15) is 4.99 Å². The van der Waals surface area contributed by atoms with E-state index >= 15 is 0 Å². The van der Waals surface area contributed by atoms with Gasteiger partial charge in [-0.3, -0.25) is 0 Å². The van der Waals surface area contributed by atoms with E-state index in [1.165, 1.54) is 0 Å². The Kier molecular flexibility index (Phi) is 1.21. The van der Waals surface area contributed by atoms with Crippen molar-refractivity contribution >= 4 is 17.5 Å². The lowest BCUT2D eigenvalue weighted by Crippen LogP contribution is -2.32. The molecule has 0 atom stereocenters. The van der Waals surface area contributed by atoms with Gasteiger partial charge in [0.05, 0.1) is 12.0 Å². The van der Waals surface area contributed by atoms with Crippen molar-refractivity contribution in [2.75, 3.05) is 0 Å². The first-order chi connectivity index (χ1) is 5.68. The van der Waals surface area contributed by atoms with Crippen LogP contribution in [0.5, 0.6) is 0 Å². The molecule has 0 saturated carbocycles. The lowest BCUT2D eigenvalue weighted by atomic mass is 10.3. The molecule has 5 nitrogen and oxygen atoms in total. The lowest BCUT2D eigenvalue weighted by molar-refractivity contribution is 0.888. The molecule has 0 aromatic carbocycles. The van der Waals surface area contributed by atoms with Crippen LogP contribution in [0.2, 0.25) is 0 Å². The lowest BCUT2D eigenvalue weighted by Gasteiger charge is -2.14. The Labute approximate surface area is 69.6 Å². The Morgan fingerprint density at radius 1 is 1.67 bits per heavy atom. The van der Waals surface area contributed by atoms with Crippen molar-refractivity contribution in [1.82, 2.24) is 14.9 Å². The molecule has 0 aliphatic carbocycles. The van der Waals surface area contributed by atoms with Crippen LogP contribution in [0.1, 0.15) is 5.69 Å². The standard InChI is InChI=1S/C7H9N5/c1-4-5-6(9-3-12(5)2)11-7(8)10-4/h3H,1H2,2H3,(H3,8,10,11). The SMILES string of the molecule is C=C1NC(N)=Nc2ncn(C)c21. The molecule has 3 N–H and O–H groups in total. The quantitative estimate of drug-likeness (QED) is 0.563. The Balaban J connectivity index is 2.65. The van der Waals surface area contributed by atoms with Gasteiger partial charge < -0.3 is 15.6 Å². The van der Waals surface area contributed by atoms with Gasteiger partial charge >= 0.3 is 0 Å². The number of guanidine groups is 1. The molecule has 0 unspecified atom stereocenters. The van der Waals surface area contributed by atoms with Crippen LogP contribution in [-0.4, -0.2) is 15.5 Å². The second-order valence-electron chi connectivity index (χ2n) is 2.63. The number of imidazole rings is 1. The number of nitrogens with two attached hydrogens (primary N) is 1. The zero-order chi connectivity index (χ0) is 8.72. The van der Waals surface area contributed by atoms with Gasteiger partial charge in [0, 0.05) is 7.05 Å². The summed E-state index contributed by atoms with van der Waals surface area (Å²) in [6.45, 7) is 3.81. The molecule has 0 amide bonds.